The van der Waals surface area contributed by atoms with Crippen LogP contribution in [0.1, 0.15) is 5.56 Å². The van der Waals surface area contributed by atoms with Gasteiger partial charge in [0.1, 0.15) is 12.1 Å². The maximum atomic E-state index is 5.43. The number of anilines is 1. The molecule has 2 aromatic carbocycles. The number of rotatable bonds is 4. The second kappa shape index (κ2) is 6.03. The largest absolute Gasteiger partial charge is 0.454 e. The number of hydrogen-bond acceptors (Lipinski definition) is 6. The smallest absolute Gasteiger partial charge is 0.231 e. The van der Waals surface area contributed by atoms with Gasteiger partial charge in [-0.3, -0.25) is 0 Å². The second-order valence-corrected chi connectivity index (χ2v) is 5.93. The second-order valence-electron chi connectivity index (χ2n) is 5.93. The number of aromatic nitrogens is 4. The number of nitrogens with zero attached hydrogens (tertiary/aromatic N) is 4. The molecule has 4 aromatic rings. The van der Waals surface area contributed by atoms with Crippen molar-refractivity contribution in [1.82, 2.24) is 19.5 Å². The van der Waals surface area contributed by atoms with E-state index < -0.39 is 0 Å². The first kappa shape index (κ1) is 14.7. The lowest BCUT2D eigenvalue weighted by Crippen LogP contribution is -2.03. The van der Waals surface area contributed by atoms with Crippen molar-refractivity contribution in [2.45, 2.75) is 6.54 Å². The first-order valence-corrected chi connectivity index (χ1v) is 8.22. The number of fused-ring (bicyclic) bond motifs is 2. The molecule has 0 spiro atoms. The predicted octanol–water partition coefficient (Wildman–Crippen LogP) is 3.16. The van der Waals surface area contributed by atoms with Gasteiger partial charge in [0.15, 0.2) is 11.5 Å². The molecule has 7 nitrogen and oxygen atoms in total. The lowest BCUT2D eigenvalue weighted by atomic mass is 10.2. The summed E-state index contributed by atoms with van der Waals surface area (Å²) < 4.78 is 12.7. The van der Waals surface area contributed by atoms with E-state index in [-0.39, 0.29) is 6.79 Å². The Hall–Kier alpha value is -3.61. The van der Waals surface area contributed by atoms with Crippen molar-refractivity contribution in [1.29, 1.82) is 0 Å². The van der Waals surface area contributed by atoms with Crippen LogP contribution in [0.15, 0.2) is 61.4 Å². The summed E-state index contributed by atoms with van der Waals surface area (Å²) >= 11 is 0. The van der Waals surface area contributed by atoms with Gasteiger partial charge in [-0.2, -0.15) is 0 Å². The van der Waals surface area contributed by atoms with Crippen molar-refractivity contribution >= 4 is 16.7 Å². The van der Waals surface area contributed by atoms with E-state index in [4.69, 9.17) is 9.47 Å². The highest BCUT2D eigenvalue weighted by Gasteiger charge is 2.13. The molecule has 0 radical (unpaired) electrons. The normalized spacial score (nSPS) is 12.5. The molecular weight excluding hydrogens is 330 g/mol. The van der Waals surface area contributed by atoms with Gasteiger partial charge < -0.3 is 19.4 Å². The van der Waals surface area contributed by atoms with E-state index in [1.807, 2.05) is 41.1 Å². The van der Waals surface area contributed by atoms with E-state index in [2.05, 4.69) is 26.3 Å². The minimum absolute atomic E-state index is 0.278. The number of hydrogen-bond donors (Lipinski definition) is 1. The molecule has 0 bridgehead atoms. The highest BCUT2D eigenvalue weighted by atomic mass is 16.7. The number of nitrogens with one attached hydrogen (secondary N) is 1. The third-order valence-corrected chi connectivity index (χ3v) is 4.32. The zero-order valence-electron chi connectivity index (χ0n) is 13.8. The van der Waals surface area contributed by atoms with Gasteiger partial charge in [0.25, 0.3) is 0 Å². The van der Waals surface area contributed by atoms with Crippen molar-refractivity contribution in [2.75, 3.05) is 12.1 Å². The first-order chi connectivity index (χ1) is 12.9. The molecule has 0 aliphatic carbocycles. The lowest BCUT2D eigenvalue weighted by molar-refractivity contribution is 0.174. The van der Waals surface area contributed by atoms with Gasteiger partial charge >= 0.3 is 0 Å². The van der Waals surface area contributed by atoms with Crippen molar-refractivity contribution in [2.24, 2.45) is 0 Å². The minimum atomic E-state index is 0.278. The fourth-order valence-corrected chi connectivity index (χ4v) is 2.99. The van der Waals surface area contributed by atoms with Crippen molar-refractivity contribution in [3.8, 4) is 17.2 Å². The summed E-state index contributed by atoms with van der Waals surface area (Å²) in [6.07, 6.45) is 7.00. The predicted molar refractivity (Wildman–Crippen MR) is 96.6 cm³/mol. The van der Waals surface area contributed by atoms with Crippen molar-refractivity contribution in [3.05, 3.63) is 67.0 Å². The maximum Gasteiger partial charge on any atom is 0.231 e. The van der Waals surface area contributed by atoms with Crippen LogP contribution in [-0.2, 0) is 6.54 Å². The van der Waals surface area contributed by atoms with E-state index in [0.29, 0.717) is 6.54 Å². The zero-order valence-corrected chi connectivity index (χ0v) is 13.8. The summed E-state index contributed by atoms with van der Waals surface area (Å²) in [5.41, 5.74) is 2.99. The van der Waals surface area contributed by atoms with Gasteiger partial charge in [-0.15, -0.1) is 0 Å². The molecule has 26 heavy (non-hydrogen) atoms. The maximum absolute atomic E-state index is 5.43. The Morgan fingerprint density at radius 2 is 2.00 bits per heavy atom. The van der Waals surface area contributed by atoms with Gasteiger partial charge in [0.05, 0.1) is 11.8 Å². The number of benzene rings is 2. The van der Waals surface area contributed by atoms with Crippen LogP contribution in [0.3, 0.4) is 0 Å². The van der Waals surface area contributed by atoms with E-state index in [9.17, 15) is 0 Å². The van der Waals surface area contributed by atoms with Crippen LogP contribution in [0.25, 0.3) is 16.6 Å². The monoisotopic (exact) mass is 345 g/mol. The molecule has 5 rings (SSSR count). The third-order valence-electron chi connectivity index (χ3n) is 4.32. The standard InChI is InChI=1S/C19H15N5O2/c1-4-17-18(26-12-25-17)7-13(1)9-21-19-15-8-14(24-6-5-20-11-24)2-3-16(15)22-10-23-19/h1-8,10-11H,9,12H2,(H,21,22,23). The summed E-state index contributed by atoms with van der Waals surface area (Å²) in [6.45, 7) is 0.901. The average molecular weight is 345 g/mol. The average Bonchev–Trinajstić information content (AvgIpc) is 3.37. The molecule has 2 aromatic heterocycles. The molecule has 0 amide bonds. The molecular formula is C19H15N5O2. The Kier molecular flexibility index (Phi) is 3.41. The van der Waals surface area contributed by atoms with Crippen molar-refractivity contribution < 1.29 is 9.47 Å². The summed E-state index contributed by atoms with van der Waals surface area (Å²) in [6, 6.07) is 12.0. The molecule has 1 aliphatic rings. The number of imidazole rings is 1. The topological polar surface area (TPSA) is 74.1 Å². The minimum Gasteiger partial charge on any atom is -0.454 e. The Balaban J connectivity index is 1.45. The quantitative estimate of drug-likeness (QED) is 0.612. The molecule has 0 saturated carbocycles. The van der Waals surface area contributed by atoms with Gasteiger partial charge in [-0.25, -0.2) is 15.0 Å². The summed E-state index contributed by atoms with van der Waals surface area (Å²) in [5.74, 6) is 2.35. The highest BCUT2D eigenvalue weighted by molar-refractivity contribution is 5.90. The van der Waals surface area contributed by atoms with E-state index in [0.717, 1.165) is 39.5 Å². The summed E-state index contributed by atoms with van der Waals surface area (Å²) in [7, 11) is 0. The fraction of sp³-hybridized carbons (Fsp3) is 0.105. The third kappa shape index (κ3) is 2.59. The molecule has 3 heterocycles. The first-order valence-electron chi connectivity index (χ1n) is 8.22. The molecule has 1 aliphatic heterocycles. The Labute approximate surface area is 149 Å². The molecule has 1 N–H and O–H groups in total. The van der Waals surface area contributed by atoms with Crippen LogP contribution in [0.4, 0.5) is 5.82 Å². The SMILES string of the molecule is c1cn(-c2ccc3ncnc(NCc4ccc5c(c4)OCO5)c3c2)cn1. The Morgan fingerprint density at radius 3 is 2.92 bits per heavy atom. The molecule has 0 saturated heterocycles. The van der Waals surface area contributed by atoms with Crippen LogP contribution < -0.4 is 14.8 Å². The molecule has 0 atom stereocenters. The molecule has 0 fully saturated rings. The van der Waals surface area contributed by atoms with E-state index in [1.54, 1.807) is 18.9 Å². The van der Waals surface area contributed by atoms with Crippen LogP contribution >= 0.6 is 0 Å². The Morgan fingerprint density at radius 1 is 1.04 bits per heavy atom. The van der Waals surface area contributed by atoms with Gasteiger partial charge in [-0.1, -0.05) is 6.07 Å². The van der Waals surface area contributed by atoms with E-state index >= 15 is 0 Å². The lowest BCUT2D eigenvalue weighted by Gasteiger charge is -2.10. The summed E-state index contributed by atoms with van der Waals surface area (Å²) in [5, 5.41) is 4.35. The van der Waals surface area contributed by atoms with E-state index in [1.165, 1.54) is 0 Å². The molecule has 128 valence electrons. The molecule has 0 unspecified atom stereocenters. The fourth-order valence-electron chi connectivity index (χ4n) is 2.99. The van der Waals surface area contributed by atoms with Gasteiger partial charge in [-0.05, 0) is 35.9 Å². The van der Waals surface area contributed by atoms with Crippen LogP contribution in [0.2, 0.25) is 0 Å². The van der Waals surface area contributed by atoms with Gasteiger partial charge in [0, 0.05) is 30.0 Å². The van der Waals surface area contributed by atoms with Crippen LogP contribution in [0.5, 0.6) is 11.5 Å². The molecule has 7 heteroatoms. The highest BCUT2D eigenvalue weighted by Crippen LogP contribution is 2.32. The zero-order chi connectivity index (χ0) is 17.3. The van der Waals surface area contributed by atoms with Crippen LogP contribution in [-0.4, -0.2) is 26.3 Å². The van der Waals surface area contributed by atoms with Crippen molar-refractivity contribution in [3.63, 3.8) is 0 Å². The van der Waals surface area contributed by atoms with Gasteiger partial charge in [0.2, 0.25) is 6.79 Å². The summed E-state index contributed by atoms with van der Waals surface area (Å²) in [4.78, 5) is 12.9. The Bertz CT molecular complexity index is 1080. The van der Waals surface area contributed by atoms with Crippen LogP contribution in [0, 0.1) is 0 Å². The number of ether oxygens (including phenoxy) is 2.